The van der Waals surface area contributed by atoms with Crippen molar-refractivity contribution in [2.75, 3.05) is 31.6 Å². The molecule has 1 aliphatic rings. The molecule has 0 aliphatic carbocycles. The van der Waals surface area contributed by atoms with Crippen LogP contribution < -0.4 is 11.5 Å². The number of nitrogens with two attached hydrogens (primary N) is 2. The quantitative estimate of drug-likeness (QED) is 0.274. The zero-order valence-corrected chi connectivity index (χ0v) is 19.2. The number of halogens is 2. The Morgan fingerprint density at radius 2 is 1.79 bits per heavy atom. The molecule has 13 heteroatoms. The van der Waals surface area contributed by atoms with Gasteiger partial charge in [-0.1, -0.05) is 0 Å². The third-order valence-corrected chi connectivity index (χ3v) is 6.06. The summed E-state index contributed by atoms with van der Waals surface area (Å²) in [5.74, 6) is 0.977. The Labute approximate surface area is 187 Å². The first kappa shape index (κ1) is 19.4. The van der Waals surface area contributed by atoms with Crippen molar-refractivity contribution >= 4 is 78.9 Å². The third-order valence-electron chi connectivity index (χ3n) is 4.52. The van der Waals surface area contributed by atoms with Gasteiger partial charge < -0.3 is 16.4 Å². The van der Waals surface area contributed by atoms with E-state index in [2.05, 4.69) is 92.4 Å². The van der Waals surface area contributed by atoms with Crippen molar-refractivity contribution in [1.82, 2.24) is 44.8 Å². The lowest BCUT2D eigenvalue weighted by Crippen LogP contribution is -2.17. The summed E-state index contributed by atoms with van der Waals surface area (Å²) in [7, 11) is 2.13. The molecule has 1 fully saturated rings. The van der Waals surface area contributed by atoms with Gasteiger partial charge in [-0.2, -0.15) is 10.2 Å². The number of rotatable bonds is 1. The molecule has 28 heavy (non-hydrogen) atoms. The lowest BCUT2D eigenvalue weighted by molar-refractivity contribution is 0.384. The van der Waals surface area contributed by atoms with Gasteiger partial charge in [-0.05, 0) is 58.7 Å². The summed E-state index contributed by atoms with van der Waals surface area (Å²) >= 11 is 4.29. The molecule has 0 aromatic carbocycles. The molecule has 5 heterocycles. The molecule has 0 radical (unpaired) electrons. The van der Waals surface area contributed by atoms with Crippen LogP contribution in [0.5, 0.6) is 0 Å². The highest BCUT2D eigenvalue weighted by Gasteiger charge is 2.25. The number of fused-ring (bicyclic) bond motifs is 2. The standard InChI is InChI=1S/C10H13IN6.C5H4IN5/c1-16-3-2-6(4-16)17-10-7(8(11)15-17)9(12)13-5-14-10;6-3-2-4(7)8-1-9-5(2)11-10-3/h5-6H,2-4H2,1H3,(H2,12,13,14);1H,(H3,7,8,9,10,11). The van der Waals surface area contributed by atoms with Gasteiger partial charge in [0.25, 0.3) is 0 Å². The van der Waals surface area contributed by atoms with E-state index in [1.807, 2.05) is 4.68 Å². The second-order valence-electron chi connectivity index (χ2n) is 6.39. The van der Waals surface area contributed by atoms with Crippen LogP contribution in [-0.4, -0.2) is 65.0 Å². The van der Waals surface area contributed by atoms with E-state index in [0.29, 0.717) is 23.3 Å². The van der Waals surface area contributed by atoms with Gasteiger partial charge in [0.05, 0.1) is 16.8 Å². The minimum atomic E-state index is 0.389. The maximum Gasteiger partial charge on any atom is 0.187 e. The Hall–Kier alpha value is -1.88. The number of H-pyrrole nitrogens is 1. The van der Waals surface area contributed by atoms with Crippen LogP contribution in [0.1, 0.15) is 12.5 Å². The molecule has 1 atom stereocenters. The van der Waals surface area contributed by atoms with Gasteiger partial charge in [-0.25, -0.2) is 24.6 Å². The number of nitrogens with one attached hydrogen (secondary N) is 1. The van der Waals surface area contributed by atoms with Crippen LogP contribution in [0.3, 0.4) is 0 Å². The molecule has 0 bridgehead atoms. The number of aromatic amines is 1. The third kappa shape index (κ3) is 3.57. The minimum Gasteiger partial charge on any atom is -0.383 e. The lowest BCUT2D eigenvalue weighted by atomic mass is 10.2. The van der Waals surface area contributed by atoms with E-state index in [1.165, 1.54) is 12.7 Å². The van der Waals surface area contributed by atoms with E-state index < -0.39 is 0 Å². The summed E-state index contributed by atoms with van der Waals surface area (Å²) in [5.41, 5.74) is 12.9. The molecule has 5 N–H and O–H groups in total. The molecule has 5 rings (SSSR count). The predicted octanol–water partition coefficient (Wildman–Crippen LogP) is 1.43. The van der Waals surface area contributed by atoms with Gasteiger partial charge in [0.1, 0.15) is 31.7 Å². The van der Waals surface area contributed by atoms with Crippen molar-refractivity contribution < 1.29 is 0 Å². The SMILES string of the molecule is CN1CCC(n2nc(I)c3c(N)ncnc32)C1.Nc1ncnc2n[nH]c(I)c12. The number of nitrogen functional groups attached to an aromatic ring is 2. The first-order valence-corrected chi connectivity index (χ1v) is 10.5. The van der Waals surface area contributed by atoms with E-state index >= 15 is 0 Å². The predicted molar refractivity (Wildman–Crippen MR) is 122 cm³/mol. The van der Waals surface area contributed by atoms with E-state index in [0.717, 1.165) is 43.3 Å². The van der Waals surface area contributed by atoms with Crippen molar-refractivity contribution in [3.8, 4) is 0 Å². The lowest BCUT2D eigenvalue weighted by Gasteiger charge is -2.11. The molecule has 0 saturated carbocycles. The Kier molecular flexibility index (Phi) is 5.46. The van der Waals surface area contributed by atoms with Crippen LogP contribution in [0.2, 0.25) is 0 Å². The number of aromatic nitrogens is 8. The number of hydrogen-bond donors (Lipinski definition) is 3. The Morgan fingerprint density at radius 3 is 2.46 bits per heavy atom. The van der Waals surface area contributed by atoms with E-state index in [1.54, 1.807) is 0 Å². The monoisotopic (exact) mass is 605 g/mol. The molecule has 0 spiro atoms. The highest BCUT2D eigenvalue weighted by atomic mass is 127. The molecule has 1 unspecified atom stereocenters. The van der Waals surface area contributed by atoms with Gasteiger partial charge in [-0.3, -0.25) is 5.10 Å². The zero-order valence-electron chi connectivity index (χ0n) is 14.8. The maximum absolute atomic E-state index is 5.88. The summed E-state index contributed by atoms with van der Waals surface area (Å²) in [4.78, 5) is 18.4. The van der Waals surface area contributed by atoms with E-state index in [-0.39, 0.29) is 0 Å². The van der Waals surface area contributed by atoms with Crippen LogP contribution in [-0.2, 0) is 0 Å². The van der Waals surface area contributed by atoms with Crippen molar-refractivity contribution in [2.45, 2.75) is 12.5 Å². The van der Waals surface area contributed by atoms with Gasteiger partial charge >= 0.3 is 0 Å². The number of likely N-dealkylation sites (N-methyl/N-ethyl adjacent to an activating group) is 1. The number of anilines is 2. The highest BCUT2D eigenvalue weighted by molar-refractivity contribution is 14.1. The average Bonchev–Trinajstić information content (AvgIpc) is 3.35. The fraction of sp³-hybridized carbons (Fsp3) is 0.333. The zero-order chi connectivity index (χ0) is 19.8. The van der Waals surface area contributed by atoms with Crippen LogP contribution in [0.4, 0.5) is 11.6 Å². The van der Waals surface area contributed by atoms with Crippen molar-refractivity contribution in [1.29, 1.82) is 0 Å². The van der Waals surface area contributed by atoms with Crippen molar-refractivity contribution in [2.24, 2.45) is 0 Å². The van der Waals surface area contributed by atoms with Gasteiger partial charge in [-0.15, -0.1) is 0 Å². The Balaban J connectivity index is 0.000000151. The first-order chi connectivity index (χ1) is 13.5. The Morgan fingerprint density at radius 1 is 1.07 bits per heavy atom. The molecule has 1 saturated heterocycles. The van der Waals surface area contributed by atoms with Crippen LogP contribution in [0.15, 0.2) is 12.7 Å². The van der Waals surface area contributed by atoms with Crippen LogP contribution in [0, 0.1) is 7.40 Å². The maximum atomic E-state index is 5.88. The molecule has 0 amide bonds. The molecule has 4 aromatic heterocycles. The van der Waals surface area contributed by atoms with E-state index in [9.17, 15) is 0 Å². The first-order valence-electron chi connectivity index (χ1n) is 8.38. The average molecular weight is 605 g/mol. The van der Waals surface area contributed by atoms with E-state index in [4.69, 9.17) is 11.5 Å². The largest absolute Gasteiger partial charge is 0.383 e. The number of nitrogens with zero attached hydrogens (tertiary/aromatic N) is 8. The number of likely N-dealkylation sites (tertiary alicyclic amines) is 1. The topological polar surface area (TPSA) is 153 Å². The van der Waals surface area contributed by atoms with Crippen molar-refractivity contribution in [3.05, 3.63) is 20.1 Å². The molecule has 1 aliphatic heterocycles. The summed E-state index contributed by atoms with van der Waals surface area (Å²) in [5, 5.41) is 12.9. The molecule has 4 aromatic rings. The van der Waals surface area contributed by atoms with Gasteiger partial charge in [0, 0.05) is 13.1 Å². The van der Waals surface area contributed by atoms with Gasteiger partial charge in [0.15, 0.2) is 11.3 Å². The normalized spacial score (nSPS) is 17.2. The Bertz CT molecular complexity index is 1140. The summed E-state index contributed by atoms with van der Waals surface area (Å²) in [6.45, 7) is 2.11. The summed E-state index contributed by atoms with van der Waals surface area (Å²) in [6, 6.07) is 0.389. The highest BCUT2D eigenvalue weighted by Crippen LogP contribution is 2.28. The molecule has 146 valence electrons. The fourth-order valence-electron chi connectivity index (χ4n) is 3.16. The molecular weight excluding hydrogens is 588 g/mol. The summed E-state index contributed by atoms with van der Waals surface area (Å²) in [6.07, 6.45) is 4.01. The number of hydrogen-bond acceptors (Lipinski definition) is 9. The second kappa shape index (κ2) is 7.86. The van der Waals surface area contributed by atoms with Gasteiger partial charge in [0.2, 0.25) is 0 Å². The second-order valence-corrected chi connectivity index (χ2v) is 8.49. The van der Waals surface area contributed by atoms with Crippen LogP contribution in [0.25, 0.3) is 22.1 Å². The van der Waals surface area contributed by atoms with Crippen molar-refractivity contribution in [3.63, 3.8) is 0 Å². The summed E-state index contributed by atoms with van der Waals surface area (Å²) < 4.78 is 3.75. The van der Waals surface area contributed by atoms with Crippen LogP contribution >= 0.6 is 45.2 Å². The minimum absolute atomic E-state index is 0.389. The fourth-order valence-corrected chi connectivity index (χ4v) is 4.55. The molecule has 11 nitrogen and oxygen atoms in total. The smallest absolute Gasteiger partial charge is 0.187 e. The molecular formula is C15H17I2N11.